The van der Waals surface area contributed by atoms with E-state index in [1.807, 2.05) is 27.7 Å². The third kappa shape index (κ3) is 5.03. The summed E-state index contributed by atoms with van der Waals surface area (Å²) in [6.07, 6.45) is -7.10. The molecule has 1 aromatic carbocycles. The van der Waals surface area contributed by atoms with Crippen LogP contribution in [0.2, 0.25) is 0 Å². The predicted octanol–water partition coefficient (Wildman–Crippen LogP) is 6.26. The Morgan fingerprint density at radius 1 is 0.821 bits per heavy atom. The summed E-state index contributed by atoms with van der Waals surface area (Å²) in [5.41, 5.74) is 0.649. The monoisotopic (exact) mass is 416 g/mol. The van der Waals surface area contributed by atoms with Gasteiger partial charge in [0.1, 0.15) is 0 Å². The first-order valence-corrected chi connectivity index (χ1v) is 8.72. The number of hydrogen-bond acceptors (Lipinski definition) is 2. The molecule has 9 heteroatoms. The average molecular weight is 416 g/mol. The van der Waals surface area contributed by atoms with Crippen LogP contribution in [0.3, 0.4) is 0 Å². The highest BCUT2D eigenvalue weighted by molar-refractivity contribution is 5.53. The molecule has 28 heavy (non-hydrogen) atoms. The Bertz CT molecular complexity index is 709. The highest BCUT2D eigenvalue weighted by atomic mass is 19.4. The zero-order valence-electron chi connectivity index (χ0n) is 16.0. The molecule has 0 amide bonds. The zero-order chi connectivity index (χ0) is 21.5. The topological polar surface area (TPSA) is 18.5 Å². The van der Waals surface area contributed by atoms with Gasteiger partial charge in [-0.3, -0.25) is 0 Å². The van der Waals surface area contributed by atoms with Gasteiger partial charge in [-0.2, -0.15) is 22.0 Å². The fraction of sp³-hybridized carbons (Fsp3) is 0.684. The molecule has 0 fully saturated rings. The number of halogens is 7. The summed E-state index contributed by atoms with van der Waals surface area (Å²) in [6.45, 7) is 4.33. The lowest BCUT2D eigenvalue weighted by Crippen LogP contribution is -2.35. The van der Waals surface area contributed by atoms with Crippen LogP contribution < -0.4 is 9.47 Å². The third-order valence-corrected chi connectivity index (χ3v) is 5.05. The lowest BCUT2D eigenvalue weighted by molar-refractivity contribution is -0.155. The number of rotatable bonds is 6. The number of ether oxygens (including phenoxy) is 2. The molecule has 2 nitrogen and oxygen atoms in total. The van der Waals surface area contributed by atoms with Gasteiger partial charge in [-0.25, -0.2) is 8.78 Å². The second-order valence-corrected chi connectivity index (χ2v) is 8.37. The summed E-state index contributed by atoms with van der Waals surface area (Å²) in [5.74, 6) is -5.24. The minimum Gasteiger partial charge on any atom is -0.483 e. The van der Waals surface area contributed by atoms with Gasteiger partial charge in [0, 0.05) is 0 Å². The Morgan fingerprint density at radius 3 is 1.57 bits per heavy atom. The first kappa shape index (κ1) is 22.6. The first-order chi connectivity index (χ1) is 12.6. The SMILES string of the molecule is CC1(C)CCC(C)(C)c2cc(OCC(F)(F)C(F)F)c(OCC(F)(F)F)cc21. The molecule has 1 aliphatic carbocycles. The van der Waals surface area contributed by atoms with Crippen molar-refractivity contribution in [1.29, 1.82) is 0 Å². The Morgan fingerprint density at radius 2 is 1.21 bits per heavy atom. The molecule has 0 aromatic heterocycles. The zero-order valence-corrected chi connectivity index (χ0v) is 16.0. The Hall–Kier alpha value is -1.67. The summed E-state index contributed by atoms with van der Waals surface area (Å²) >= 11 is 0. The van der Waals surface area contributed by atoms with E-state index in [4.69, 9.17) is 9.47 Å². The van der Waals surface area contributed by atoms with Crippen LogP contribution in [-0.4, -0.2) is 31.7 Å². The van der Waals surface area contributed by atoms with Crippen LogP contribution in [0.25, 0.3) is 0 Å². The summed E-state index contributed by atoms with van der Waals surface area (Å²) in [6, 6.07) is 2.68. The van der Waals surface area contributed by atoms with Crippen LogP contribution in [-0.2, 0) is 10.8 Å². The van der Waals surface area contributed by atoms with Gasteiger partial charge in [-0.05, 0) is 46.9 Å². The molecule has 0 aliphatic heterocycles. The molecule has 0 N–H and O–H groups in total. The average Bonchev–Trinajstić information content (AvgIpc) is 2.54. The van der Waals surface area contributed by atoms with Gasteiger partial charge in [0.25, 0.3) is 0 Å². The smallest absolute Gasteiger partial charge is 0.422 e. The van der Waals surface area contributed by atoms with Crippen molar-refractivity contribution in [2.75, 3.05) is 13.2 Å². The van der Waals surface area contributed by atoms with E-state index in [1.54, 1.807) is 0 Å². The van der Waals surface area contributed by atoms with Crippen molar-refractivity contribution in [2.24, 2.45) is 0 Å². The van der Waals surface area contributed by atoms with E-state index >= 15 is 0 Å². The van der Waals surface area contributed by atoms with Crippen LogP contribution in [0, 0.1) is 0 Å². The van der Waals surface area contributed by atoms with Crippen molar-refractivity contribution in [2.45, 2.75) is 69.9 Å². The van der Waals surface area contributed by atoms with Gasteiger partial charge < -0.3 is 9.47 Å². The minimum absolute atomic E-state index is 0.382. The summed E-state index contributed by atoms with van der Waals surface area (Å²) in [4.78, 5) is 0. The second-order valence-electron chi connectivity index (χ2n) is 8.37. The van der Waals surface area contributed by atoms with E-state index < -0.39 is 48.7 Å². The highest BCUT2D eigenvalue weighted by Crippen LogP contribution is 2.49. The quantitative estimate of drug-likeness (QED) is 0.510. The number of hydrogen-bond donors (Lipinski definition) is 0. The van der Waals surface area contributed by atoms with Crippen molar-refractivity contribution in [1.82, 2.24) is 0 Å². The molecule has 0 atom stereocenters. The second kappa shape index (κ2) is 7.30. The normalized spacial score (nSPS) is 18.7. The Kier molecular flexibility index (Phi) is 5.89. The van der Waals surface area contributed by atoms with Gasteiger partial charge in [-0.15, -0.1) is 0 Å². The van der Waals surface area contributed by atoms with Crippen molar-refractivity contribution >= 4 is 0 Å². The van der Waals surface area contributed by atoms with E-state index in [2.05, 4.69) is 0 Å². The standard InChI is InChI=1S/C19H23F7O2/c1-16(2)5-6-17(3,4)12-8-14(28-10-19(24,25)26)13(7-11(12)16)27-9-18(22,23)15(20)21/h7-8,15H,5-6,9-10H2,1-4H3. The molecule has 0 unspecified atom stereocenters. The van der Waals surface area contributed by atoms with E-state index in [-0.39, 0.29) is 5.41 Å². The lowest BCUT2D eigenvalue weighted by atomic mass is 9.63. The van der Waals surface area contributed by atoms with Gasteiger partial charge in [0.2, 0.25) is 0 Å². The van der Waals surface area contributed by atoms with Gasteiger partial charge >= 0.3 is 18.5 Å². The van der Waals surface area contributed by atoms with Crippen molar-refractivity contribution in [3.63, 3.8) is 0 Å². The van der Waals surface area contributed by atoms with Gasteiger partial charge in [0.05, 0.1) is 0 Å². The molecular weight excluding hydrogens is 393 g/mol. The van der Waals surface area contributed by atoms with Crippen LogP contribution in [0.1, 0.15) is 51.7 Å². The van der Waals surface area contributed by atoms with E-state index in [1.165, 1.54) is 12.1 Å². The molecule has 0 saturated heterocycles. The lowest BCUT2D eigenvalue weighted by Gasteiger charge is -2.42. The fourth-order valence-corrected chi connectivity index (χ4v) is 3.20. The molecule has 0 spiro atoms. The van der Waals surface area contributed by atoms with E-state index in [0.717, 1.165) is 12.8 Å². The van der Waals surface area contributed by atoms with E-state index in [9.17, 15) is 30.7 Å². The van der Waals surface area contributed by atoms with E-state index in [0.29, 0.717) is 11.1 Å². The molecule has 1 aliphatic rings. The molecule has 2 rings (SSSR count). The molecule has 0 heterocycles. The molecule has 0 bridgehead atoms. The van der Waals surface area contributed by atoms with Gasteiger partial charge in [-0.1, -0.05) is 27.7 Å². The van der Waals surface area contributed by atoms with Crippen LogP contribution in [0.15, 0.2) is 12.1 Å². The maximum absolute atomic E-state index is 13.3. The molecular formula is C19H23F7O2. The van der Waals surface area contributed by atoms with Crippen molar-refractivity contribution < 1.29 is 40.2 Å². The van der Waals surface area contributed by atoms with Crippen molar-refractivity contribution in [3.8, 4) is 11.5 Å². The van der Waals surface area contributed by atoms with Crippen LogP contribution in [0.4, 0.5) is 30.7 Å². The van der Waals surface area contributed by atoms with Gasteiger partial charge in [0.15, 0.2) is 24.7 Å². The number of alkyl halides is 7. The highest BCUT2D eigenvalue weighted by Gasteiger charge is 2.43. The predicted molar refractivity (Wildman–Crippen MR) is 89.7 cm³/mol. The van der Waals surface area contributed by atoms with Crippen molar-refractivity contribution in [3.05, 3.63) is 23.3 Å². The fourth-order valence-electron chi connectivity index (χ4n) is 3.20. The van der Waals surface area contributed by atoms with Crippen LogP contribution in [0.5, 0.6) is 11.5 Å². The minimum atomic E-state index is -4.66. The maximum atomic E-state index is 13.3. The summed E-state index contributed by atoms with van der Waals surface area (Å²) < 4.78 is 98.7. The Labute approximate surface area is 159 Å². The third-order valence-electron chi connectivity index (χ3n) is 5.05. The Balaban J connectivity index is 2.48. The van der Waals surface area contributed by atoms with Crippen LogP contribution >= 0.6 is 0 Å². The first-order valence-electron chi connectivity index (χ1n) is 8.72. The molecule has 160 valence electrons. The summed E-state index contributed by atoms with van der Waals surface area (Å²) in [7, 11) is 0. The molecule has 0 radical (unpaired) electrons. The summed E-state index contributed by atoms with van der Waals surface area (Å²) in [5, 5.41) is 0. The molecule has 1 aromatic rings. The molecule has 0 saturated carbocycles. The maximum Gasteiger partial charge on any atom is 0.422 e. The number of fused-ring (bicyclic) bond motifs is 1. The largest absolute Gasteiger partial charge is 0.483 e. The number of benzene rings is 1.